The van der Waals surface area contributed by atoms with Gasteiger partial charge in [0, 0.05) is 10.9 Å². The van der Waals surface area contributed by atoms with E-state index in [0.29, 0.717) is 0 Å². The highest BCUT2D eigenvalue weighted by molar-refractivity contribution is 6.15. The monoisotopic (exact) mass is 306 g/mol. The van der Waals surface area contributed by atoms with Gasteiger partial charge in [-0.1, -0.05) is 24.3 Å². The molecule has 0 saturated heterocycles. The number of aromatic hydroxyl groups is 1. The first-order chi connectivity index (χ1) is 10.4. The number of carbonyl (C=O) groups excluding carboxylic acids is 1. The number of para-hydroxylation sites is 1. The van der Waals surface area contributed by atoms with Gasteiger partial charge in [0.05, 0.1) is 5.56 Å². The quantitative estimate of drug-likeness (QED) is 0.712. The lowest BCUT2D eigenvalue weighted by molar-refractivity contribution is -0.136. The Morgan fingerprint density at radius 2 is 1.86 bits per heavy atom. The fourth-order valence-corrected chi connectivity index (χ4v) is 2.23. The van der Waals surface area contributed by atoms with E-state index in [1.54, 1.807) is 0 Å². The zero-order valence-electron chi connectivity index (χ0n) is 11.0. The standard InChI is InChI=1S/C15H9F3N2O2/c16-15(17,18)11-6-2-5-10-12(11)19-20-13(10)14(22)8-3-1-4-9(21)7-8/h1-7,21H,(H,19,20). The molecule has 0 aliphatic heterocycles. The molecule has 3 aromatic rings. The highest BCUT2D eigenvalue weighted by Gasteiger charge is 2.34. The van der Waals surface area contributed by atoms with Gasteiger partial charge in [-0.15, -0.1) is 0 Å². The van der Waals surface area contributed by atoms with E-state index in [0.717, 1.165) is 6.07 Å². The average Bonchev–Trinajstić information content (AvgIpc) is 2.89. The van der Waals surface area contributed by atoms with Crippen molar-refractivity contribution in [3.05, 3.63) is 59.3 Å². The van der Waals surface area contributed by atoms with Gasteiger partial charge in [0.15, 0.2) is 0 Å². The molecule has 1 heterocycles. The van der Waals surface area contributed by atoms with E-state index >= 15 is 0 Å². The predicted octanol–water partition coefficient (Wildman–Crippen LogP) is 3.52. The number of alkyl halides is 3. The average molecular weight is 306 g/mol. The normalized spacial score (nSPS) is 11.8. The highest BCUT2D eigenvalue weighted by Crippen LogP contribution is 2.34. The van der Waals surface area contributed by atoms with Gasteiger partial charge in [-0.2, -0.15) is 18.3 Å². The van der Waals surface area contributed by atoms with Gasteiger partial charge in [-0.3, -0.25) is 9.89 Å². The van der Waals surface area contributed by atoms with Crippen LogP contribution in [-0.2, 0) is 6.18 Å². The zero-order chi connectivity index (χ0) is 15.9. The smallest absolute Gasteiger partial charge is 0.418 e. The van der Waals surface area contributed by atoms with Gasteiger partial charge in [0.25, 0.3) is 0 Å². The number of hydrogen-bond donors (Lipinski definition) is 2. The van der Waals surface area contributed by atoms with Crippen molar-refractivity contribution in [3.63, 3.8) is 0 Å². The molecule has 3 rings (SSSR count). The van der Waals surface area contributed by atoms with Gasteiger partial charge in [-0.05, 0) is 18.2 Å². The summed E-state index contributed by atoms with van der Waals surface area (Å²) in [5.74, 6) is -0.650. The molecule has 0 saturated carbocycles. The molecule has 7 heteroatoms. The second-order valence-electron chi connectivity index (χ2n) is 4.68. The van der Waals surface area contributed by atoms with Gasteiger partial charge in [0.2, 0.25) is 5.78 Å². The molecule has 22 heavy (non-hydrogen) atoms. The van der Waals surface area contributed by atoms with Gasteiger partial charge >= 0.3 is 6.18 Å². The van der Waals surface area contributed by atoms with Crippen molar-refractivity contribution in [1.29, 1.82) is 0 Å². The Kier molecular flexibility index (Phi) is 3.13. The summed E-state index contributed by atoms with van der Waals surface area (Å²) >= 11 is 0. The summed E-state index contributed by atoms with van der Waals surface area (Å²) in [5.41, 5.74) is -1.11. The Balaban J connectivity index is 2.15. The maximum absolute atomic E-state index is 12.9. The van der Waals surface area contributed by atoms with Crippen LogP contribution < -0.4 is 0 Å². The van der Waals surface area contributed by atoms with E-state index in [1.807, 2.05) is 0 Å². The largest absolute Gasteiger partial charge is 0.508 e. The lowest BCUT2D eigenvalue weighted by Gasteiger charge is -2.06. The van der Waals surface area contributed by atoms with Crippen LogP contribution in [0, 0.1) is 0 Å². The summed E-state index contributed by atoms with van der Waals surface area (Å²) in [5, 5.41) is 15.5. The first-order valence-corrected chi connectivity index (χ1v) is 6.26. The fraction of sp³-hybridized carbons (Fsp3) is 0.0667. The number of benzene rings is 2. The van der Waals surface area contributed by atoms with Crippen molar-refractivity contribution < 1.29 is 23.1 Å². The van der Waals surface area contributed by atoms with E-state index in [-0.39, 0.29) is 27.9 Å². The van der Waals surface area contributed by atoms with Crippen LogP contribution in [0.1, 0.15) is 21.6 Å². The van der Waals surface area contributed by atoms with Gasteiger partial charge in [-0.25, -0.2) is 0 Å². The minimum atomic E-state index is -4.56. The minimum Gasteiger partial charge on any atom is -0.508 e. The molecule has 2 N–H and O–H groups in total. The summed E-state index contributed by atoms with van der Waals surface area (Å²) in [6.07, 6.45) is -4.56. The molecule has 112 valence electrons. The second-order valence-corrected chi connectivity index (χ2v) is 4.68. The molecule has 0 atom stereocenters. The third-order valence-electron chi connectivity index (χ3n) is 3.23. The molecule has 4 nitrogen and oxygen atoms in total. The van der Waals surface area contributed by atoms with E-state index in [9.17, 15) is 23.1 Å². The number of hydrogen-bond acceptors (Lipinski definition) is 3. The van der Waals surface area contributed by atoms with Crippen molar-refractivity contribution in [2.45, 2.75) is 6.18 Å². The van der Waals surface area contributed by atoms with Crippen molar-refractivity contribution in [1.82, 2.24) is 10.2 Å². The molecule has 0 amide bonds. The second kappa shape index (κ2) is 4.87. The maximum Gasteiger partial charge on any atom is 0.418 e. The van der Waals surface area contributed by atoms with Crippen LogP contribution in [0.2, 0.25) is 0 Å². The number of nitrogens with zero attached hydrogens (tertiary/aromatic N) is 1. The molecule has 0 fully saturated rings. The fourth-order valence-electron chi connectivity index (χ4n) is 2.23. The third-order valence-corrected chi connectivity index (χ3v) is 3.23. The van der Waals surface area contributed by atoms with Crippen LogP contribution >= 0.6 is 0 Å². The van der Waals surface area contributed by atoms with Crippen molar-refractivity contribution in [3.8, 4) is 5.75 Å². The summed E-state index contributed by atoms with van der Waals surface area (Å²) in [7, 11) is 0. The molecule has 0 spiro atoms. The Morgan fingerprint density at radius 3 is 2.55 bits per heavy atom. The number of H-pyrrole nitrogens is 1. The molecule has 1 aromatic heterocycles. The van der Waals surface area contributed by atoms with E-state index in [4.69, 9.17) is 0 Å². The number of aromatic nitrogens is 2. The molecule has 2 aromatic carbocycles. The van der Waals surface area contributed by atoms with Gasteiger partial charge in [0.1, 0.15) is 17.0 Å². The van der Waals surface area contributed by atoms with E-state index < -0.39 is 17.5 Å². The Morgan fingerprint density at radius 1 is 1.14 bits per heavy atom. The first-order valence-electron chi connectivity index (χ1n) is 6.26. The highest BCUT2D eigenvalue weighted by atomic mass is 19.4. The number of phenolic OH excluding ortho intramolecular Hbond substituents is 1. The number of rotatable bonds is 2. The molecule has 0 radical (unpaired) electrons. The van der Waals surface area contributed by atoms with E-state index in [2.05, 4.69) is 10.2 Å². The Bertz CT molecular complexity index is 869. The number of halogens is 3. The third kappa shape index (κ3) is 2.30. The van der Waals surface area contributed by atoms with Crippen LogP contribution in [-0.4, -0.2) is 21.1 Å². The number of phenols is 1. The summed E-state index contributed by atoms with van der Waals surface area (Å²) < 4.78 is 38.8. The first kappa shape index (κ1) is 14.1. The lowest BCUT2D eigenvalue weighted by atomic mass is 10.0. The molecule has 0 bridgehead atoms. The zero-order valence-corrected chi connectivity index (χ0v) is 11.0. The van der Waals surface area contributed by atoms with Crippen LogP contribution in [0.3, 0.4) is 0 Å². The number of fused-ring (bicyclic) bond motifs is 1. The Labute approximate surface area is 122 Å². The number of aromatic amines is 1. The van der Waals surface area contributed by atoms with Crippen LogP contribution in [0.5, 0.6) is 5.75 Å². The molecule has 0 aliphatic rings. The van der Waals surface area contributed by atoms with Crippen LogP contribution in [0.25, 0.3) is 10.9 Å². The number of carbonyl (C=O) groups is 1. The lowest BCUT2D eigenvalue weighted by Crippen LogP contribution is -2.05. The SMILES string of the molecule is O=C(c1cccc(O)c1)c1[nH]nc2c(C(F)(F)F)cccc12. The minimum absolute atomic E-state index is 0.0494. The van der Waals surface area contributed by atoms with E-state index in [1.165, 1.54) is 36.4 Å². The van der Waals surface area contributed by atoms with Crippen molar-refractivity contribution >= 4 is 16.7 Å². The Hall–Kier alpha value is -2.83. The molecular weight excluding hydrogens is 297 g/mol. The summed E-state index contributed by atoms with van der Waals surface area (Å²) in [6, 6.07) is 9.09. The topological polar surface area (TPSA) is 66.0 Å². The van der Waals surface area contributed by atoms with Crippen molar-refractivity contribution in [2.24, 2.45) is 0 Å². The maximum atomic E-state index is 12.9. The number of nitrogens with one attached hydrogen (secondary N) is 1. The predicted molar refractivity (Wildman–Crippen MR) is 72.6 cm³/mol. The molecule has 0 aliphatic carbocycles. The molecular formula is C15H9F3N2O2. The number of ketones is 1. The summed E-state index contributed by atoms with van der Waals surface area (Å²) in [6.45, 7) is 0. The van der Waals surface area contributed by atoms with Crippen LogP contribution in [0.4, 0.5) is 13.2 Å². The van der Waals surface area contributed by atoms with Gasteiger partial charge < -0.3 is 5.11 Å². The summed E-state index contributed by atoms with van der Waals surface area (Å²) in [4.78, 5) is 12.4. The van der Waals surface area contributed by atoms with Crippen LogP contribution in [0.15, 0.2) is 42.5 Å². The molecule has 0 unspecified atom stereocenters. The van der Waals surface area contributed by atoms with Crippen molar-refractivity contribution in [2.75, 3.05) is 0 Å².